The lowest BCUT2D eigenvalue weighted by Crippen LogP contribution is -2.08. The van der Waals surface area contributed by atoms with Crippen LogP contribution in [0.25, 0.3) is 0 Å². The third kappa shape index (κ3) is 2.45. The molecule has 2 atom stereocenters. The predicted octanol–water partition coefficient (Wildman–Crippen LogP) is 4.60. The molecule has 1 saturated carbocycles. The third-order valence-electron chi connectivity index (χ3n) is 3.42. The van der Waals surface area contributed by atoms with Gasteiger partial charge >= 0.3 is 6.18 Å². The van der Waals surface area contributed by atoms with Crippen molar-refractivity contribution in [2.45, 2.75) is 32.4 Å². The minimum atomic E-state index is -4.61. The summed E-state index contributed by atoms with van der Waals surface area (Å²) in [4.78, 5) is 0. The minimum Gasteiger partial charge on any atom is -0.206 e. The van der Waals surface area contributed by atoms with Crippen molar-refractivity contribution in [3.8, 4) is 0 Å². The van der Waals surface area contributed by atoms with E-state index in [0.717, 1.165) is 18.6 Å². The van der Waals surface area contributed by atoms with Gasteiger partial charge in [0.1, 0.15) is 5.82 Å². The Morgan fingerprint density at radius 2 is 1.88 bits per heavy atom. The van der Waals surface area contributed by atoms with Gasteiger partial charge in [0.05, 0.1) is 5.56 Å². The first-order chi connectivity index (χ1) is 7.80. The van der Waals surface area contributed by atoms with Crippen LogP contribution in [0.5, 0.6) is 0 Å². The van der Waals surface area contributed by atoms with E-state index in [4.69, 9.17) is 0 Å². The van der Waals surface area contributed by atoms with E-state index in [1.807, 2.05) is 0 Å². The van der Waals surface area contributed by atoms with Gasteiger partial charge in [-0.15, -0.1) is 0 Å². The van der Waals surface area contributed by atoms with Crippen LogP contribution >= 0.6 is 0 Å². The van der Waals surface area contributed by atoms with E-state index >= 15 is 0 Å². The molecule has 0 aromatic heterocycles. The molecule has 2 rings (SSSR count). The zero-order chi connectivity index (χ0) is 12.8. The maximum Gasteiger partial charge on any atom is 0.419 e. The molecule has 0 saturated heterocycles. The highest BCUT2D eigenvalue weighted by Gasteiger charge is 2.41. The van der Waals surface area contributed by atoms with Crippen LogP contribution in [0, 0.1) is 17.7 Å². The molecule has 1 aromatic carbocycles. The number of hydrogen-bond acceptors (Lipinski definition) is 0. The highest BCUT2D eigenvalue weighted by molar-refractivity contribution is 5.32. The summed E-state index contributed by atoms with van der Waals surface area (Å²) in [6.45, 7) is 4.15. The van der Waals surface area contributed by atoms with Gasteiger partial charge in [0.25, 0.3) is 0 Å². The fourth-order valence-corrected chi connectivity index (χ4v) is 2.33. The van der Waals surface area contributed by atoms with Crippen LogP contribution in [-0.4, -0.2) is 0 Å². The highest BCUT2D eigenvalue weighted by Crippen LogP contribution is 2.52. The largest absolute Gasteiger partial charge is 0.419 e. The Balaban J connectivity index is 2.21. The zero-order valence-corrected chi connectivity index (χ0v) is 9.68. The topological polar surface area (TPSA) is 0 Å². The lowest BCUT2D eigenvalue weighted by atomic mass is 10.0. The van der Waals surface area contributed by atoms with E-state index in [9.17, 15) is 17.6 Å². The Hall–Kier alpha value is -1.06. The average Bonchev–Trinajstić information content (AvgIpc) is 2.94. The van der Waals surface area contributed by atoms with Gasteiger partial charge in [-0.05, 0) is 41.9 Å². The monoisotopic (exact) mass is 246 g/mol. The van der Waals surface area contributed by atoms with Crippen LogP contribution < -0.4 is 0 Å². The van der Waals surface area contributed by atoms with Gasteiger partial charge in [-0.25, -0.2) is 4.39 Å². The zero-order valence-electron chi connectivity index (χ0n) is 9.68. The molecule has 0 heterocycles. The van der Waals surface area contributed by atoms with Crippen LogP contribution in [0.4, 0.5) is 17.6 Å². The van der Waals surface area contributed by atoms with E-state index in [1.165, 1.54) is 6.07 Å². The summed E-state index contributed by atoms with van der Waals surface area (Å²) in [5.41, 5.74) is -0.489. The summed E-state index contributed by atoms with van der Waals surface area (Å²) in [6, 6.07) is 3.29. The summed E-state index contributed by atoms with van der Waals surface area (Å²) in [5, 5.41) is 0. The molecule has 0 nitrogen and oxygen atoms in total. The summed E-state index contributed by atoms with van der Waals surface area (Å²) in [5.74, 6) is 0.0349. The molecule has 1 aliphatic carbocycles. The van der Waals surface area contributed by atoms with Crippen molar-refractivity contribution < 1.29 is 17.6 Å². The summed E-state index contributed by atoms with van der Waals surface area (Å²) in [7, 11) is 0. The van der Waals surface area contributed by atoms with Crippen molar-refractivity contribution in [2.24, 2.45) is 11.8 Å². The number of hydrogen-bond donors (Lipinski definition) is 0. The lowest BCUT2D eigenvalue weighted by Gasteiger charge is -2.10. The van der Waals surface area contributed by atoms with E-state index in [2.05, 4.69) is 13.8 Å². The maximum absolute atomic E-state index is 13.3. The molecule has 0 unspecified atom stereocenters. The number of rotatable bonds is 2. The van der Waals surface area contributed by atoms with Crippen LogP contribution in [-0.2, 0) is 6.18 Å². The molecular weight excluding hydrogens is 232 g/mol. The second kappa shape index (κ2) is 4.00. The predicted molar refractivity (Wildman–Crippen MR) is 57.1 cm³/mol. The highest BCUT2D eigenvalue weighted by atomic mass is 19.4. The summed E-state index contributed by atoms with van der Waals surface area (Å²) in [6.07, 6.45) is -3.66. The Bertz CT molecular complexity index is 420. The molecular formula is C13H14F4. The quantitative estimate of drug-likeness (QED) is 0.669. The van der Waals surface area contributed by atoms with E-state index < -0.39 is 17.6 Å². The molecule has 94 valence electrons. The number of benzene rings is 1. The maximum atomic E-state index is 13.3. The molecule has 1 fully saturated rings. The lowest BCUT2D eigenvalue weighted by molar-refractivity contribution is -0.140. The van der Waals surface area contributed by atoms with Crippen molar-refractivity contribution in [1.82, 2.24) is 0 Å². The number of halogens is 4. The third-order valence-corrected chi connectivity index (χ3v) is 3.42. The van der Waals surface area contributed by atoms with E-state index in [1.54, 1.807) is 0 Å². The normalized spacial score (nSPS) is 24.2. The van der Waals surface area contributed by atoms with Crippen molar-refractivity contribution in [3.63, 3.8) is 0 Å². The standard InChI is InChI=1S/C13H14F4/c1-7(2)9-6-10(9)8-3-4-11(12(14)5-8)13(15,16)17/h3-5,7,9-10H,6H2,1-2H3/t9-,10-/m1/s1. The molecule has 0 radical (unpaired) electrons. The van der Waals surface area contributed by atoms with Gasteiger partial charge in [-0.1, -0.05) is 19.9 Å². The summed E-state index contributed by atoms with van der Waals surface area (Å²) >= 11 is 0. The second-order valence-electron chi connectivity index (χ2n) is 4.99. The molecule has 0 N–H and O–H groups in total. The Morgan fingerprint density at radius 3 is 2.29 bits per heavy atom. The van der Waals surface area contributed by atoms with Gasteiger partial charge in [0, 0.05) is 0 Å². The summed E-state index contributed by atoms with van der Waals surface area (Å²) < 4.78 is 50.4. The average molecular weight is 246 g/mol. The molecule has 1 aliphatic rings. The van der Waals surface area contributed by atoms with Crippen LogP contribution in [0.3, 0.4) is 0 Å². The Kier molecular flexibility index (Phi) is 2.92. The molecule has 4 heteroatoms. The first-order valence-electron chi connectivity index (χ1n) is 5.67. The van der Waals surface area contributed by atoms with E-state index in [-0.39, 0.29) is 5.92 Å². The fourth-order valence-electron chi connectivity index (χ4n) is 2.33. The molecule has 0 spiro atoms. The van der Waals surface area contributed by atoms with Gasteiger partial charge in [-0.2, -0.15) is 13.2 Å². The minimum absolute atomic E-state index is 0.229. The van der Waals surface area contributed by atoms with Crippen molar-refractivity contribution >= 4 is 0 Å². The fraction of sp³-hybridized carbons (Fsp3) is 0.538. The number of alkyl halides is 3. The van der Waals surface area contributed by atoms with Crippen molar-refractivity contribution in [3.05, 3.63) is 35.1 Å². The molecule has 1 aromatic rings. The van der Waals surface area contributed by atoms with Gasteiger partial charge < -0.3 is 0 Å². The van der Waals surface area contributed by atoms with Crippen molar-refractivity contribution in [2.75, 3.05) is 0 Å². The molecule has 0 amide bonds. The van der Waals surface area contributed by atoms with Gasteiger partial charge in [0.15, 0.2) is 0 Å². The van der Waals surface area contributed by atoms with Crippen LogP contribution in [0.1, 0.15) is 37.3 Å². The van der Waals surface area contributed by atoms with E-state index in [0.29, 0.717) is 17.4 Å². The Labute approximate surface area is 97.6 Å². The smallest absolute Gasteiger partial charge is 0.206 e. The van der Waals surface area contributed by atoms with Gasteiger partial charge in [0.2, 0.25) is 0 Å². The van der Waals surface area contributed by atoms with Crippen LogP contribution in [0.2, 0.25) is 0 Å². The first-order valence-corrected chi connectivity index (χ1v) is 5.67. The first kappa shape index (κ1) is 12.4. The van der Waals surface area contributed by atoms with Crippen molar-refractivity contribution in [1.29, 1.82) is 0 Å². The Morgan fingerprint density at radius 1 is 1.24 bits per heavy atom. The van der Waals surface area contributed by atoms with Gasteiger partial charge in [-0.3, -0.25) is 0 Å². The SMILES string of the molecule is CC(C)[C@H]1C[C@@H]1c1ccc(C(F)(F)F)c(F)c1. The molecule has 0 bridgehead atoms. The van der Waals surface area contributed by atoms with Crippen LogP contribution in [0.15, 0.2) is 18.2 Å². The molecule has 0 aliphatic heterocycles. The molecule has 17 heavy (non-hydrogen) atoms. The second-order valence-corrected chi connectivity index (χ2v) is 4.99.